The summed E-state index contributed by atoms with van der Waals surface area (Å²) in [6.45, 7) is 3.90. The molecule has 200 valence electrons. The van der Waals surface area contributed by atoms with Gasteiger partial charge >= 0.3 is 0 Å². The van der Waals surface area contributed by atoms with Crippen molar-refractivity contribution in [1.82, 2.24) is 14.5 Å². The summed E-state index contributed by atoms with van der Waals surface area (Å²) in [7, 11) is -1.84. The van der Waals surface area contributed by atoms with Gasteiger partial charge in [0, 0.05) is 41.2 Å². The summed E-state index contributed by atoms with van der Waals surface area (Å²) in [5.41, 5.74) is 1.98. The van der Waals surface area contributed by atoms with Gasteiger partial charge in [0.1, 0.15) is 0 Å². The van der Waals surface area contributed by atoms with Crippen molar-refractivity contribution in [2.75, 3.05) is 32.0 Å². The summed E-state index contributed by atoms with van der Waals surface area (Å²) in [6.07, 6.45) is 3.07. The number of anilines is 1. The minimum absolute atomic E-state index is 0.0561. The highest BCUT2D eigenvalue weighted by molar-refractivity contribution is 7.89. The Morgan fingerprint density at radius 2 is 1.58 bits per heavy atom. The topological polar surface area (TPSA) is 98.8 Å². The molecule has 8 nitrogen and oxygen atoms in total. The SMILES string of the molecule is Cc1ccccc1C(=O)Nc1cccc2c(S(=O)(=O)NC3CCN(C(=O)[C@H]4CCCN4C)CC3)cccc12. The van der Waals surface area contributed by atoms with Crippen LogP contribution in [0.5, 0.6) is 0 Å². The number of carbonyl (C=O) groups is 2. The highest BCUT2D eigenvalue weighted by Crippen LogP contribution is 2.30. The van der Waals surface area contributed by atoms with Gasteiger partial charge in [0.25, 0.3) is 5.91 Å². The third-order valence-electron chi connectivity index (χ3n) is 7.74. The van der Waals surface area contributed by atoms with Crippen LogP contribution < -0.4 is 10.0 Å². The smallest absolute Gasteiger partial charge is 0.255 e. The molecule has 2 N–H and O–H groups in total. The first-order chi connectivity index (χ1) is 18.2. The molecule has 0 radical (unpaired) electrons. The molecule has 0 bridgehead atoms. The average Bonchev–Trinajstić information content (AvgIpc) is 3.34. The maximum Gasteiger partial charge on any atom is 0.255 e. The van der Waals surface area contributed by atoms with E-state index in [0.29, 0.717) is 48.0 Å². The Morgan fingerprint density at radius 3 is 2.29 bits per heavy atom. The predicted octanol–water partition coefficient (Wildman–Crippen LogP) is 3.76. The maximum absolute atomic E-state index is 13.5. The molecule has 2 saturated heterocycles. The molecule has 5 rings (SSSR count). The van der Waals surface area contributed by atoms with Crippen LogP contribution in [0.25, 0.3) is 10.8 Å². The highest BCUT2D eigenvalue weighted by atomic mass is 32.2. The minimum atomic E-state index is -3.83. The van der Waals surface area contributed by atoms with Gasteiger partial charge in [0.05, 0.1) is 10.9 Å². The zero-order valence-corrected chi connectivity index (χ0v) is 22.6. The number of hydrogen-bond acceptors (Lipinski definition) is 5. The fraction of sp³-hybridized carbons (Fsp3) is 0.379. The van der Waals surface area contributed by atoms with Gasteiger partial charge in [-0.15, -0.1) is 0 Å². The van der Waals surface area contributed by atoms with Crippen LogP contribution in [-0.4, -0.2) is 68.8 Å². The molecule has 3 aromatic rings. The molecular formula is C29H34N4O4S. The zero-order chi connectivity index (χ0) is 26.9. The summed E-state index contributed by atoms with van der Waals surface area (Å²) in [4.78, 5) is 30.0. The quantitative estimate of drug-likeness (QED) is 0.502. The fourth-order valence-corrected chi connectivity index (χ4v) is 7.10. The number of nitrogens with zero attached hydrogens (tertiary/aromatic N) is 2. The number of benzene rings is 3. The van der Waals surface area contributed by atoms with Gasteiger partial charge in [-0.1, -0.05) is 42.5 Å². The maximum atomic E-state index is 13.5. The number of hydrogen-bond donors (Lipinski definition) is 2. The largest absolute Gasteiger partial charge is 0.341 e. The zero-order valence-electron chi connectivity index (χ0n) is 21.8. The van der Waals surface area contributed by atoms with Gasteiger partial charge in [-0.25, -0.2) is 13.1 Å². The molecule has 0 aliphatic carbocycles. The number of amides is 2. The van der Waals surface area contributed by atoms with E-state index in [1.54, 1.807) is 36.4 Å². The van der Waals surface area contributed by atoms with Crippen molar-refractivity contribution >= 4 is 38.3 Å². The van der Waals surface area contributed by atoms with Gasteiger partial charge in [0.15, 0.2) is 0 Å². The number of rotatable bonds is 6. The van der Waals surface area contributed by atoms with Crippen LogP contribution in [0, 0.1) is 6.92 Å². The van der Waals surface area contributed by atoms with E-state index < -0.39 is 10.0 Å². The van der Waals surface area contributed by atoms with Crippen molar-refractivity contribution in [3.8, 4) is 0 Å². The standard InChI is InChI=1S/C29H34N4O4S/c1-20-8-3-4-9-22(20)28(34)30-25-12-5-11-24-23(25)10-6-14-27(24)38(36,37)31-21-15-18-33(19-16-21)29(35)26-13-7-17-32(26)2/h3-6,8-12,14,21,26,31H,7,13,15-19H2,1-2H3,(H,30,34)/t26-/m1/s1. The Kier molecular flexibility index (Phi) is 7.52. The number of nitrogens with one attached hydrogen (secondary N) is 2. The molecule has 0 spiro atoms. The van der Waals surface area contributed by atoms with Crippen molar-refractivity contribution < 1.29 is 18.0 Å². The van der Waals surface area contributed by atoms with Crippen LogP contribution >= 0.6 is 0 Å². The van der Waals surface area contributed by atoms with E-state index in [1.165, 1.54) is 0 Å². The van der Waals surface area contributed by atoms with Crippen molar-refractivity contribution in [3.63, 3.8) is 0 Å². The molecule has 2 aliphatic heterocycles. The van der Waals surface area contributed by atoms with Gasteiger partial charge in [-0.3, -0.25) is 14.5 Å². The Labute approximate surface area is 224 Å². The Hall–Kier alpha value is -3.27. The monoisotopic (exact) mass is 534 g/mol. The van der Waals surface area contributed by atoms with E-state index in [1.807, 2.05) is 43.1 Å². The van der Waals surface area contributed by atoms with Crippen LogP contribution in [0.2, 0.25) is 0 Å². The van der Waals surface area contributed by atoms with Crippen molar-refractivity contribution in [2.24, 2.45) is 0 Å². The van der Waals surface area contributed by atoms with E-state index in [-0.39, 0.29) is 28.8 Å². The fourth-order valence-electron chi connectivity index (χ4n) is 5.58. The Balaban J connectivity index is 1.31. The first kappa shape index (κ1) is 26.3. The first-order valence-corrected chi connectivity index (χ1v) is 14.6. The van der Waals surface area contributed by atoms with Crippen molar-refractivity contribution in [2.45, 2.75) is 49.6 Å². The molecule has 2 heterocycles. The summed E-state index contributed by atoms with van der Waals surface area (Å²) in [6, 6.07) is 17.4. The summed E-state index contributed by atoms with van der Waals surface area (Å²) in [5, 5.41) is 4.14. The van der Waals surface area contributed by atoms with Crippen LogP contribution in [0.15, 0.2) is 65.6 Å². The second kappa shape index (κ2) is 10.8. The summed E-state index contributed by atoms with van der Waals surface area (Å²) in [5.74, 6) is -0.0901. The van der Waals surface area contributed by atoms with Crippen LogP contribution in [0.1, 0.15) is 41.6 Å². The van der Waals surface area contributed by atoms with E-state index in [2.05, 4.69) is 14.9 Å². The second-order valence-corrected chi connectivity index (χ2v) is 12.0. The lowest BCUT2D eigenvalue weighted by Crippen LogP contribution is -2.51. The van der Waals surface area contributed by atoms with Gasteiger partial charge < -0.3 is 10.2 Å². The Bertz CT molecular complexity index is 1460. The first-order valence-electron chi connectivity index (χ1n) is 13.1. The van der Waals surface area contributed by atoms with Gasteiger partial charge in [0.2, 0.25) is 15.9 Å². The number of piperidine rings is 1. The van der Waals surface area contributed by atoms with E-state index in [0.717, 1.165) is 24.9 Å². The number of sulfonamides is 1. The predicted molar refractivity (Wildman–Crippen MR) is 149 cm³/mol. The molecular weight excluding hydrogens is 500 g/mol. The van der Waals surface area contributed by atoms with Gasteiger partial charge in [-0.05, 0) is 70.0 Å². The second-order valence-electron chi connectivity index (χ2n) is 10.3. The number of likely N-dealkylation sites (tertiary alicyclic amines) is 2. The molecule has 1 atom stereocenters. The third kappa shape index (κ3) is 5.32. The van der Waals surface area contributed by atoms with Crippen LogP contribution in [0.3, 0.4) is 0 Å². The summed E-state index contributed by atoms with van der Waals surface area (Å²) < 4.78 is 29.9. The molecule has 2 amide bonds. The van der Waals surface area contributed by atoms with Crippen LogP contribution in [-0.2, 0) is 14.8 Å². The normalized spacial score (nSPS) is 19.1. The average molecular weight is 535 g/mol. The number of fused-ring (bicyclic) bond motifs is 1. The van der Waals surface area contributed by atoms with E-state index in [4.69, 9.17) is 0 Å². The van der Waals surface area contributed by atoms with E-state index in [9.17, 15) is 18.0 Å². The lowest BCUT2D eigenvalue weighted by Gasteiger charge is -2.35. The number of carbonyl (C=O) groups excluding carboxylic acids is 2. The molecule has 9 heteroatoms. The van der Waals surface area contributed by atoms with Crippen molar-refractivity contribution in [3.05, 3.63) is 71.8 Å². The molecule has 0 unspecified atom stereocenters. The highest BCUT2D eigenvalue weighted by Gasteiger charge is 2.34. The third-order valence-corrected chi connectivity index (χ3v) is 9.32. The molecule has 0 saturated carbocycles. The lowest BCUT2D eigenvalue weighted by molar-refractivity contribution is -0.136. The number of likely N-dealkylation sites (N-methyl/N-ethyl adjacent to an activating group) is 1. The molecule has 38 heavy (non-hydrogen) atoms. The van der Waals surface area contributed by atoms with Crippen molar-refractivity contribution in [1.29, 1.82) is 0 Å². The van der Waals surface area contributed by atoms with Gasteiger partial charge in [-0.2, -0.15) is 0 Å². The summed E-state index contributed by atoms with van der Waals surface area (Å²) >= 11 is 0. The molecule has 2 aliphatic rings. The molecule has 2 fully saturated rings. The van der Waals surface area contributed by atoms with E-state index >= 15 is 0 Å². The molecule has 0 aromatic heterocycles. The number of aryl methyl sites for hydroxylation is 1. The van der Waals surface area contributed by atoms with Crippen LogP contribution in [0.4, 0.5) is 5.69 Å². The minimum Gasteiger partial charge on any atom is -0.341 e. The lowest BCUT2D eigenvalue weighted by atomic mass is 10.0. The Morgan fingerprint density at radius 1 is 0.868 bits per heavy atom. The molecule has 3 aromatic carbocycles.